The van der Waals surface area contributed by atoms with E-state index in [9.17, 15) is 4.79 Å². The van der Waals surface area contributed by atoms with Gasteiger partial charge in [-0.05, 0) is 37.5 Å². The van der Waals surface area contributed by atoms with Gasteiger partial charge in [0, 0.05) is 23.0 Å². The number of hydrogen-bond acceptors (Lipinski definition) is 3. The first-order chi connectivity index (χ1) is 11.7. The van der Waals surface area contributed by atoms with E-state index < -0.39 is 0 Å². The van der Waals surface area contributed by atoms with Crippen molar-refractivity contribution in [2.24, 2.45) is 5.92 Å². The van der Waals surface area contributed by atoms with Gasteiger partial charge in [-0.15, -0.1) is 0 Å². The quantitative estimate of drug-likeness (QED) is 0.897. The van der Waals surface area contributed by atoms with E-state index in [4.69, 9.17) is 5.10 Å². The normalized spacial score (nSPS) is 17.7. The summed E-state index contributed by atoms with van der Waals surface area (Å²) in [7, 11) is 0. The van der Waals surface area contributed by atoms with Crippen LogP contribution in [0.2, 0.25) is 0 Å². The number of aromatic nitrogens is 2. The standard InChI is InChI=1S/C19H23N3OS/c1-13-6-5-9-15(10-13)22-18(16-11-24-12-17(16)21-22)20-19(23)14-7-3-2-4-8-14/h5-6,9-10,14H,2-4,7-8,11-12H2,1H3,(H,20,23). The molecule has 1 aliphatic carbocycles. The fourth-order valence-corrected chi connectivity index (χ4v) is 4.71. The van der Waals surface area contributed by atoms with E-state index in [2.05, 4.69) is 30.4 Å². The van der Waals surface area contributed by atoms with Crippen LogP contribution < -0.4 is 5.32 Å². The Hall–Kier alpha value is -1.75. The van der Waals surface area contributed by atoms with Crippen molar-refractivity contribution in [3.05, 3.63) is 41.1 Å². The van der Waals surface area contributed by atoms with Crippen LogP contribution in [0.4, 0.5) is 5.82 Å². The predicted molar refractivity (Wildman–Crippen MR) is 98.5 cm³/mol. The molecule has 0 unspecified atom stereocenters. The number of amides is 1. The summed E-state index contributed by atoms with van der Waals surface area (Å²) < 4.78 is 1.93. The predicted octanol–water partition coefficient (Wildman–Crippen LogP) is 4.45. The third-order valence-electron chi connectivity index (χ3n) is 5.02. The van der Waals surface area contributed by atoms with Crippen molar-refractivity contribution in [2.75, 3.05) is 5.32 Å². The number of nitrogens with one attached hydrogen (secondary N) is 1. The Morgan fingerprint density at radius 1 is 1.25 bits per heavy atom. The van der Waals surface area contributed by atoms with Crippen LogP contribution >= 0.6 is 11.8 Å². The lowest BCUT2D eigenvalue weighted by molar-refractivity contribution is -0.120. The van der Waals surface area contributed by atoms with Crippen LogP contribution in [0.1, 0.15) is 48.9 Å². The molecule has 1 saturated carbocycles. The Bertz CT molecular complexity index is 762. The number of carbonyl (C=O) groups is 1. The minimum absolute atomic E-state index is 0.157. The van der Waals surface area contributed by atoms with Gasteiger partial charge < -0.3 is 5.32 Å². The van der Waals surface area contributed by atoms with E-state index in [0.717, 1.165) is 41.5 Å². The van der Waals surface area contributed by atoms with Gasteiger partial charge in [-0.3, -0.25) is 4.79 Å². The summed E-state index contributed by atoms with van der Waals surface area (Å²) in [6.07, 6.45) is 5.63. The van der Waals surface area contributed by atoms with Crippen LogP contribution in [0.3, 0.4) is 0 Å². The lowest BCUT2D eigenvalue weighted by Gasteiger charge is -2.21. The van der Waals surface area contributed by atoms with Gasteiger partial charge in [0.05, 0.1) is 11.4 Å². The maximum absolute atomic E-state index is 12.8. The average molecular weight is 341 g/mol. The molecule has 2 aliphatic rings. The summed E-state index contributed by atoms with van der Waals surface area (Å²) in [6, 6.07) is 8.29. The van der Waals surface area contributed by atoms with E-state index in [1.807, 2.05) is 22.5 Å². The Balaban J connectivity index is 1.67. The molecule has 1 N–H and O–H groups in total. The van der Waals surface area contributed by atoms with Crippen molar-refractivity contribution in [2.45, 2.75) is 50.5 Å². The second-order valence-corrected chi connectivity index (χ2v) is 7.83. The van der Waals surface area contributed by atoms with E-state index in [1.54, 1.807) is 0 Å². The second-order valence-electron chi connectivity index (χ2n) is 6.84. The molecule has 1 amide bonds. The summed E-state index contributed by atoms with van der Waals surface area (Å²) in [5.74, 6) is 3.07. The van der Waals surface area contributed by atoms with Crippen molar-refractivity contribution >= 4 is 23.5 Å². The largest absolute Gasteiger partial charge is 0.310 e. The van der Waals surface area contributed by atoms with E-state index in [0.29, 0.717) is 0 Å². The highest BCUT2D eigenvalue weighted by Gasteiger charge is 2.27. The lowest BCUT2D eigenvalue weighted by atomic mass is 9.88. The molecule has 0 spiro atoms. The summed E-state index contributed by atoms with van der Waals surface area (Å²) >= 11 is 1.87. The van der Waals surface area contributed by atoms with Crippen molar-refractivity contribution < 1.29 is 4.79 Å². The summed E-state index contributed by atoms with van der Waals surface area (Å²) in [6.45, 7) is 2.08. The monoisotopic (exact) mass is 341 g/mol. The molecule has 0 bridgehead atoms. The molecule has 1 fully saturated rings. The zero-order valence-electron chi connectivity index (χ0n) is 14.0. The third-order valence-corrected chi connectivity index (χ3v) is 5.99. The number of fused-ring (bicyclic) bond motifs is 1. The van der Waals surface area contributed by atoms with Gasteiger partial charge >= 0.3 is 0 Å². The molecule has 1 aliphatic heterocycles. The molecular formula is C19H23N3OS. The van der Waals surface area contributed by atoms with Gasteiger partial charge in [0.15, 0.2) is 0 Å². The molecule has 0 atom stereocenters. The smallest absolute Gasteiger partial charge is 0.228 e. The molecule has 4 rings (SSSR count). The molecular weight excluding hydrogens is 318 g/mol. The first-order valence-electron chi connectivity index (χ1n) is 8.79. The van der Waals surface area contributed by atoms with Crippen molar-refractivity contribution in [1.82, 2.24) is 9.78 Å². The van der Waals surface area contributed by atoms with Crippen LogP contribution in [0.15, 0.2) is 24.3 Å². The van der Waals surface area contributed by atoms with Gasteiger partial charge in [-0.1, -0.05) is 31.4 Å². The van der Waals surface area contributed by atoms with Crippen molar-refractivity contribution in [3.63, 3.8) is 0 Å². The fourth-order valence-electron chi connectivity index (χ4n) is 3.67. The maximum Gasteiger partial charge on any atom is 0.228 e. The number of anilines is 1. The first kappa shape index (κ1) is 15.8. The number of aryl methyl sites for hydroxylation is 1. The Labute approximate surface area is 147 Å². The van der Waals surface area contributed by atoms with Crippen molar-refractivity contribution in [3.8, 4) is 5.69 Å². The van der Waals surface area contributed by atoms with Gasteiger partial charge in [0.25, 0.3) is 0 Å². The molecule has 24 heavy (non-hydrogen) atoms. The third kappa shape index (κ3) is 2.97. The molecule has 2 aromatic rings. The van der Waals surface area contributed by atoms with E-state index in [1.165, 1.54) is 30.4 Å². The molecule has 4 nitrogen and oxygen atoms in total. The highest BCUT2D eigenvalue weighted by atomic mass is 32.2. The number of nitrogens with zero attached hydrogens (tertiary/aromatic N) is 2. The molecule has 2 heterocycles. The van der Waals surface area contributed by atoms with Crippen LogP contribution in [-0.4, -0.2) is 15.7 Å². The molecule has 0 radical (unpaired) electrons. The number of benzene rings is 1. The van der Waals surface area contributed by atoms with Crippen LogP contribution in [-0.2, 0) is 16.3 Å². The summed E-state index contributed by atoms with van der Waals surface area (Å²) in [5.41, 5.74) is 4.53. The summed E-state index contributed by atoms with van der Waals surface area (Å²) in [4.78, 5) is 12.8. The Morgan fingerprint density at radius 2 is 2.08 bits per heavy atom. The first-order valence-corrected chi connectivity index (χ1v) is 9.94. The van der Waals surface area contributed by atoms with Gasteiger partial charge in [-0.25, -0.2) is 4.68 Å². The van der Waals surface area contributed by atoms with E-state index >= 15 is 0 Å². The number of thioether (sulfide) groups is 1. The number of rotatable bonds is 3. The van der Waals surface area contributed by atoms with E-state index in [-0.39, 0.29) is 11.8 Å². The Morgan fingerprint density at radius 3 is 2.88 bits per heavy atom. The Kier molecular flexibility index (Phi) is 4.35. The van der Waals surface area contributed by atoms with Gasteiger partial charge in [-0.2, -0.15) is 16.9 Å². The van der Waals surface area contributed by atoms with Crippen molar-refractivity contribution in [1.29, 1.82) is 0 Å². The highest BCUT2D eigenvalue weighted by Crippen LogP contribution is 2.37. The lowest BCUT2D eigenvalue weighted by Crippen LogP contribution is -2.26. The zero-order chi connectivity index (χ0) is 16.5. The van der Waals surface area contributed by atoms with Gasteiger partial charge in [0.2, 0.25) is 5.91 Å². The fraction of sp³-hybridized carbons (Fsp3) is 0.474. The average Bonchev–Trinajstić information content (AvgIpc) is 3.18. The molecule has 0 saturated heterocycles. The number of hydrogen-bond donors (Lipinski definition) is 1. The van der Waals surface area contributed by atoms with Crippen LogP contribution in [0.25, 0.3) is 5.69 Å². The van der Waals surface area contributed by atoms with Gasteiger partial charge in [0.1, 0.15) is 5.82 Å². The minimum Gasteiger partial charge on any atom is -0.310 e. The second kappa shape index (κ2) is 6.63. The maximum atomic E-state index is 12.8. The molecule has 126 valence electrons. The minimum atomic E-state index is 0.157. The SMILES string of the molecule is Cc1cccc(-n2nc3c(c2NC(=O)C2CCCCC2)CSC3)c1. The van der Waals surface area contributed by atoms with Crippen LogP contribution in [0, 0.1) is 12.8 Å². The molecule has 1 aromatic heterocycles. The molecule has 1 aromatic carbocycles. The zero-order valence-corrected chi connectivity index (χ0v) is 14.9. The highest BCUT2D eigenvalue weighted by molar-refractivity contribution is 7.98. The topological polar surface area (TPSA) is 46.9 Å². The number of carbonyl (C=O) groups excluding carboxylic acids is 1. The molecule has 5 heteroatoms. The van der Waals surface area contributed by atoms with Crippen LogP contribution in [0.5, 0.6) is 0 Å². The summed E-state index contributed by atoms with van der Waals surface area (Å²) in [5, 5.41) is 8.01.